The van der Waals surface area contributed by atoms with Crippen LogP contribution in [0.5, 0.6) is 23.0 Å². The molecule has 1 atom stereocenters. The monoisotopic (exact) mass is 269 g/mol. The molecule has 1 rings (SSSR count). The minimum atomic E-state index is -0.00666. The molecular formula is C14H23NO4. The Morgan fingerprint density at radius 1 is 1.05 bits per heavy atom. The molecule has 19 heavy (non-hydrogen) atoms. The SMILES string of the molecule is CCCC(CN)Oc1cc(OC)c(OC)c(OC)c1. The number of rotatable bonds is 8. The van der Waals surface area contributed by atoms with E-state index < -0.39 is 0 Å². The van der Waals surface area contributed by atoms with Gasteiger partial charge in [0.25, 0.3) is 0 Å². The second kappa shape index (κ2) is 7.74. The van der Waals surface area contributed by atoms with E-state index in [0.717, 1.165) is 12.8 Å². The lowest BCUT2D eigenvalue weighted by atomic mass is 10.2. The number of nitrogens with two attached hydrogens (primary N) is 1. The minimum Gasteiger partial charge on any atom is -0.493 e. The molecule has 0 bridgehead atoms. The van der Waals surface area contributed by atoms with Crippen LogP contribution in [0.1, 0.15) is 19.8 Å². The topological polar surface area (TPSA) is 62.9 Å². The molecule has 1 aromatic rings. The van der Waals surface area contributed by atoms with E-state index in [2.05, 4.69) is 6.92 Å². The van der Waals surface area contributed by atoms with E-state index in [-0.39, 0.29) is 6.10 Å². The van der Waals surface area contributed by atoms with Crippen molar-refractivity contribution >= 4 is 0 Å². The molecule has 108 valence electrons. The van der Waals surface area contributed by atoms with Crippen molar-refractivity contribution in [3.63, 3.8) is 0 Å². The van der Waals surface area contributed by atoms with Crippen LogP contribution in [0.3, 0.4) is 0 Å². The standard InChI is InChI=1S/C14H23NO4/c1-5-6-10(9-15)19-11-7-12(16-2)14(18-4)13(8-11)17-3/h7-8,10H,5-6,9,15H2,1-4H3. The van der Waals surface area contributed by atoms with Gasteiger partial charge in [-0.1, -0.05) is 13.3 Å². The molecule has 0 radical (unpaired) electrons. The molecule has 0 fully saturated rings. The van der Waals surface area contributed by atoms with Crippen LogP contribution in [0.4, 0.5) is 0 Å². The Morgan fingerprint density at radius 3 is 2.00 bits per heavy atom. The summed E-state index contributed by atoms with van der Waals surface area (Å²) in [5.41, 5.74) is 5.69. The fourth-order valence-electron chi connectivity index (χ4n) is 1.86. The van der Waals surface area contributed by atoms with Gasteiger partial charge in [0.1, 0.15) is 11.9 Å². The largest absolute Gasteiger partial charge is 0.493 e. The summed E-state index contributed by atoms with van der Waals surface area (Å²) in [6.45, 7) is 2.58. The van der Waals surface area contributed by atoms with Gasteiger partial charge in [-0.15, -0.1) is 0 Å². The van der Waals surface area contributed by atoms with Crippen molar-refractivity contribution in [2.75, 3.05) is 27.9 Å². The van der Waals surface area contributed by atoms with E-state index >= 15 is 0 Å². The zero-order chi connectivity index (χ0) is 14.3. The Bertz CT molecular complexity index is 370. The van der Waals surface area contributed by atoms with Crippen LogP contribution >= 0.6 is 0 Å². The lowest BCUT2D eigenvalue weighted by molar-refractivity contribution is 0.195. The maximum atomic E-state index is 5.85. The molecular weight excluding hydrogens is 246 g/mol. The third-order valence-corrected chi connectivity index (χ3v) is 2.81. The highest BCUT2D eigenvalue weighted by molar-refractivity contribution is 5.55. The summed E-state index contributed by atoms with van der Waals surface area (Å²) in [4.78, 5) is 0. The van der Waals surface area contributed by atoms with Crippen LogP contribution < -0.4 is 24.7 Å². The second-order valence-electron chi connectivity index (χ2n) is 4.13. The number of hydrogen-bond donors (Lipinski definition) is 1. The molecule has 5 nitrogen and oxygen atoms in total. The first-order chi connectivity index (χ1) is 9.19. The fraction of sp³-hybridized carbons (Fsp3) is 0.571. The normalized spacial score (nSPS) is 11.8. The van der Waals surface area contributed by atoms with Gasteiger partial charge in [-0.3, -0.25) is 0 Å². The summed E-state index contributed by atoms with van der Waals surface area (Å²) in [6.07, 6.45) is 1.92. The Hall–Kier alpha value is -1.62. The zero-order valence-electron chi connectivity index (χ0n) is 12.1. The van der Waals surface area contributed by atoms with Crippen molar-refractivity contribution < 1.29 is 18.9 Å². The molecule has 0 heterocycles. The third-order valence-electron chi connectivity index (χ3n) is 2.81. The molecule has 5 heteroatoms. The van der Waals surface area contributed by atoms with Crippen molar-refractivity contribution in [2.24, 2.45) is 5.73 Å². The smallest absolute Gasteiger partial charge is 0.203 e. The van der Waals surface area contributed by atoms with Gasteiger partial charge in [0.2, 0.25) is 5.75 Å². The summed E-state index contributed by atoms with van der Waals surface area (Å²) in [5, 5.41) is 0. The maximum absolute atomic E-state index is 5.85. The number of ether oxygens (including phenoxy) is 4. The minimum absolute atomic E-state index is 0.00666. The van der Waals surface area contributed by atoms with Gasteiger partial charge < -0.3 is 24.7 Å². The molecule has 2 N–H and O–H groups in total. The van der Waals surface area contributed by atoms with Crippen molar-refractivity contribution in [1.29, 1.82) is 0 Å². The quantitative estimate of drug-likeness (QED) is 0.784. The first-order valence-electron chi connectivity index (χ1n) is 6.36. The van der Waals surface area contributed by atoms with Gasteiger partial charge >= 0.3 is 0 Å². The second-order valence-corrected chi connectivity index (χ2v) is 4.13. The highest BCUT2D eigenvalue weighted by atomic mass is 16.5. The van der Waals surface area contributed by atoms with Crippen molar-refractivity contribution in [2.45, 2.75) is 25.9 Å². The number of benzene rings is 1. The molecule has 1 unspecified atom stereocenters. The average molecular weight is 269 g/mol. The van der Waals surface area contributed by atoms with E-state index in [4.69, 9.17) is 24.7 Å². The van der Waals surface area contributed by atoms with Gasteiger partial charge in [-0.25, -0.2) is 0 Å². The Balaban J connectivity index is 3.01. The lowest BCUT2D eigenvalue weighted by Crippen LogP contribution is -2.26. The van der Waals surface area contributed by atoms with Crippen molar-refractivity contribution in [1.82, 2.24) is 0 Å². The summed E-state index contributed by atoms with van der Waals surface area (Å²) >= 11 is 0. The predicted octanol–water partition coefficient (Wildman–Crippen LogP) is 2.22. The molecule has 0 saturated heterocycles. The molecule has 0 aliphatic rings. The van der Waals surface area contributed by atoms with E-state index in [1.807, 2.05) is 0 Å². The van der Waals surface area contributed by atoms with Gasteiger partial charge in [0, 0.05) is 18.7 Å². The molecule has 0 aromatic heterocycles. The Morgan fingerprint density at radius 2 is 1.63 bits per heavy atom. The highest BCUT2D eigenvalue weighted by Gasteiger charge is 2.16. The summed E-state index contributed by atoms with van der Waals surface area (Å²) in [6, 6.07) is 3.55. The van der Waals surface area contributed by atoms with E-state index in [0.29, 0.717) is 29.5 Å². The van der Waals surface area contributed by atoms with Gasteiger partial charge in [-0.05, 0) is 6.42 Å². The van der Waals surface area contributed by atoms with Gasteiger partial charge in [0.05, 0.1) is 21.3 Å². The van der Waals surface area contributed by atoms with Crippen molar-refractivity contribution in [3.05, 3.63) is 12.1 Å². The van der Waals surface area contributed by atoms with Crippen LogP contribution in [0.15, 0.2) is 12.1 Å². The van der Waals surface area contributed by atoms with Gasteiger partial charge in [-0.2, -0.15) is 0 Å². The molecule has 0 amide bonds. The van der Waals surface area contributed by atoms with Crippen LogP contribution in [0.2, 0.25) is 0 Å². The molecule has 0 saturated carbocycles. The number of hydrogen-bond acceptors (Lipinski definition) is 5. The Kier molecular flexibility index (Phi) is 6.29. The first-order valence-corrected chi connectivity index (χ1v) is 6.36. The Labute approximate surface area is 114 Å². The number of methoxy groups -OCH3 is 3. The molecule has 1 aromatic carbocycles. The first kappa shape index (κ1) is 15.4. The summed E-state index contributed by atoms with van der Waals surface area (Å²) in [7, 11) is 4.72. The molecule has 0 spiro atoms. The van der Waals surface area contributed by atoms with Crippen LogP contribution in [0, 0.1) is 0 Å². The fourth-order valence-corrected chi connectivity index (χ4v) is 1.86. The summed E-state index contributed by atoms with van der Waals surface area (Å²) in [5.74, 6) is 2.36. The van der Waals surface area contributed by atoms with Crippen LogP contribution in [-0.4, -0.2) is 34.0 Å². The maximum Gasteiger partial charge on any atom is 0.203 e. The molecule has 0 aliphatic heterocycles. The molecule has 0 aliphatic carbocycles. The van der Waals surface area contributed by atoms with Crippen LogP contribution in [0.25, 0.3) is 0 Å². The lowest BCUT2D eigenvalue weighted by Gasteiger charge is -2.19. The predicted molar refractivity (Wildman–Crippen MR) is 74.5 cm³/mol. The van der Waals surface area contributed by atoms with E-state index in [1.54, 1.807) is 33.5 Å². The van der Waals surface area contributed by atoms with E-state index in [9.17, 15) is 0 Å². The zero-order valence-corrected chi connectivity index (χ0v) is 12.1. The average Bonchev–Trinajstić information content (AvgIpc) is 2.45. The van der Waals surface area contributed by atoms with Crippen LogP contribution in [-0.2, 0) is 0 Å². The van der Waals surface area contributed by atoms with Gasteiger partial charge in [0.15, 0.2) is 11.5 Å². The highest BCUT2D eigenvalue weighted by Crippen LogP contribution is 2.41. The van der Waals surface area contributed by atoms with Crippen molar-refractivity contribution in [3.8, 4) is 23.0 Å². The summed E-state index contributed by atoms with van der Waals surface area (Å²) < 4.78 is 21.7. The van der Waals surface area contributed by atoms with E-state index in [1.165, 1.54) is 0 Å². The third kappa shape index (κ3) is 3.92.